The zero-order valence-electron chi connectivity index (χ0n) is 11.3. The number of carbonyl (C=O) groups is 1. The molecule has 3 rings (SSSR count). The van der Waals surface area contributed by atoms with Gasteiger partial charge in [-0.05, 0) is 30.4 Å². The zero-order chi connectivity index (χ0) is 14.0. The topological polar surface area (TPSA) is 61.6 Å². The van der Waals surface area contributed by atoms with Crippen LogP contribution in [0.1, 0.15) is 29.6 Å². The van der Waals surface area contributed by atoms with E-state index in [1.54, 1.807) is 24.3 Å². The molecular formula is C15H19NO3S. The van der Waals surface area contributed by atoms with Gasteiger partial charge in [-0.1, -0.05) is 6.07 Å². The molecule has 20 heavy (non-hydrogen) atoms. The summed E-state index contributed by atoms with van der Waals surface area (Å²) >= 11 is 1.92. The first kappa shape index (κ1) is 13.8. The van der Waals surface area contributed by atoms with Crippen LogP contribution in [0.4, 0.5) is 5.69 Å². The highest BCUT2D eigenvalue weighted by Crippen LogP contribution is 2.39. The Morgan fingerprint density at radius 3 is 3.15 bits per heavy atom. The lowest BCUT2D eigenvalue weighted by atomic mass is 9.91. The van der Waals surface area contributed by atoms with Crippen LogP contribution in [0.3, 0.4) is 0 Å². The Morgan fingerprint density at radius 2 is 2.40 bits per heavy atom. The Morgan fingerprint density at radius 1 is 1.50 bits per heavy atom. The van der Waals surface area contributed by atoms with Gasteiger partial charge in [-0.2, -0.15) is 11.8 Å². The van der Waals surface area contributed by atoms with Gasteiger partial charge in [-0.3, -0.25) is 0 Å². The number of hydrogen-bond donors (Lipinski definition) is 1. The van der Waals surface area contributed by atoms with Crippen molar-refractivity contribution in [1.82, 2.24) is 0 Å². The first-order chi connectivity index (χ1) is 9.67. The van der Waals surface area contributed by atoms with Gasteiger partial charge in [0, 0.05) is 24.3 Å². The molecule has 0 saturated carbocycles. The molecule has 2 N–H and O–H groups in total. The van der Waals surface area contributed by atoms with Gasteiger partial charge in [-0.15, -0.1) is 0 Å². The summed E-state index contributed by atoms with van der Waals surface area (Å²) in [6, 6.07) is 6.92. The predicted molar refractivity (Wildman–Crippen MR) is 79.9 cm³/mol. The summed E-state index contributed by atoms with van der Waals surface area (Å²) in [5.41, 5.74) is 6.73. The molecule has 108 valence electrons. The lowest BCUT2D eigenvalue weighted by molar-refractivity contribution is -0.106. The fourth-order valence-corrected chi connectivity index (χ4v) is 4.21. The summed E-state index contributed by atoms with van der Waals surface area (Å²) in [5.74, 6) is 1.86. The van der Waals surface area contributed by atoms with Crippen LogP contribution < -0.4 is 5.73 Å². The van der Waals surface area contributed by atoms with Crippen molar-refractivity contribution >= 4 is 23.4 Å². The average molecular weight is 293 g/mol. The number of benzene rings is 1. The molecule has 2 saturated heterocycles. The molecule has 0 amide bonds. The highest BCUT2D eigenvalue weighted by molar-refractivity contribution is 7.99. The second kappa shape index (κ2) is 5.66. The van der Waals surface area contributed by atoms with E-state index in [2.05, 4.69) is 0 Å². The number of esters is 1. The quantitative estimate of drug-likeness (QED) is 0.670. The summed E-state index contributed by atoms with van der Waals surface area (Å²) in [6.07, 6.45) is 2.61. The monoisotopic (exact) mass is 293 g/mol. The first-order valence-corrected chi connectivity index (χ1v) is 8.11. The lowest BCUT2D eigenvalue weighted by Crippen LogP contribution is -2.43. The van der Waals surface area contributed by atoms with E-state index in [0.717, 1.165) is 30.8 Å². The fraction of sp³-hybridized carbons (Fsp3) is 0.533. The van der Waals surface area contributed by atoms with Crippen LogP contribution in [0.2, 0.25) is 0 Å². The predicted octanol–water partition coefficient (Wildman–Crippen LogP) is 2.48. The second-order valence-corrected chi connectivity index (χ2v) is 6.58. The summed E-state index contributed by atoms with van der Waals surface area (Å²) in [7, 11) is 0. The maximum Gasteiger partial charge on any atom is 0.338 e. The van der Waals surface area contributed by atoms with Crippen LogP contribution >= 0.6 is 11.8 Å². The SMILES string of the molecule is Nc1cccc(C(=O)OC2CCOC3(CCSC3)C2)c1. The van der Waals surface area contributed by atoms with Crippen LogP contribution in [0.15, 0.2) is 24.3 Å². The van der Waals surface area contributed by atoms with Gasteiger partial charge in [-0.25, -0.2) is 4.79 Å². The number of anilines is 1. The summed E-state index contributed by atoms with van der Waals surface area (Å²) in [5, 5.41) is 0. The Kier molecular flexibility index (Phi) is 3.89. The third-order valence-corrected chi connectivity index (χ3v) is 5.13. The molecule has 2 aliphatic heterocycles. The van der Waals surface area contributed by atoms with Gasteiger partial charge in [0.25, 0.3) is 0 Å². The smallest absolute Gasteiger partial charge is 0.338 e. The van der Waals surface area contributed by atoms with Crippen LogP contribution in [-0.4, -0.2) is 35.8 Å². The minimum atomic E-state index is -0.287. The minimum Gasteiger partial charge on any atom is -0.459 e. The number of thioether (sulfide) groups is 1. The van der Waals surface area contributed by atoms with E-state index >= 15 is 0 Å². The molecule has 0 bridgehead atoms. The van der Waals surface area contributed by atoms with Crippen molar-refractivity contribution in [2.45, 2.75) is 31.0 Å². The molecule has 1 spiro atoms. The molecule has 2 fully saturated rings. The van der Waals surface area contributed by atoms with Crippen molar-refractivity contribution in [1.29, 1.82) is 0 Å². The largest absolute Gasteiger partial charge is 0.459 e. The van der Waals surface area contributed by atoms with Gasteiger partial charge in [0.2, 0.25) is 0 Å². The fourth-order valence-electron chi connectivity index (χ4n) is 2.83. The molecule has 1 aromatic carbocycles. The molecule has 2 aliphatic rings. The molecule has 2 heterocycles. The van der Waals surface area contributed by atoms with Crippen molar-refractivity contribution in [3.8, 4) is 0 Å². The number of hydrogen-bond acceptors (Lipinski definition) is 5. The van der Waals surface area contributed by atoms with E-state index in [1.807, 2.05) is 11.8 Å². The van der Waals surface area contributed by atoms with E-state index in [-0.39, 0.29) is 17.7 Å². The van der Waals surface area contributed by atoms with Gasteiger partial charge < -0.3 is 15.2 Å². The van der Waals surface area contributed by atoms with Crippen LogP contribution in [0.5, 0.6) is 0 Å². The van der Waals surface area contributed by atoms with Crippen molar-refractivity contribution < 1.29 is 14.3 Å². The molecule has 2 unspecified atom stereocenters. The maximum absolute atomic E-state index is 12.1. The summed E-state index contributed by atoms with van der Waals surface area (Å²) in [4.78, 5) is 12.1. The Bertz CT molecular complexity index is 500. The van der Waals surface area contributed by atoms with E-state index in [9.17, 15) is 4.79 Å². The van der Waals surface area contributed by atoms with E-state index in [0.29, 0.717) is 17.9 Å². The maximum atomic E-state index is 12.1. The van der Waals surface area contributed by atoms with Gasteiger partial charge in [0.15, 0.2) is 0 Å². The Labute approximate surface area is 123 Å². The first-order valence-electron chi connectivity index (χ1n) is 6.95. The molecule has 0 aliphatic carbocycles. The van der Waals surface area contributed by atoms with Crippen molar-refractivity contribution in [3.63, 3.8) is 0 Å². The van der Waals surface area contributed by atoms with Gasteiger partial charge in [0.05, 0.1) is 17.8 Å². The molecular weight excluding hydrogens is 274 g/mol. The average Bonchev–Trinajstić information content (AvgIpc) is 2.87. The number of ether oxygens (including phenoxy) is 2. The number of nitrogen functional groups attached to an aromatic ring is 1. The zero-order valence-corrected chi connectivity index (χ0v) is 12.2. The molecule has 5 heteroatoms. The van der Waals surface area contributed by atoms with E-state index in [1.165, 1.54) is 0 Å². The Balaban J connectivity index is 1.64. The van der Waals surface area contributed by atoms with Crippen LogP contribution in [0, 0.1) is 0 Å². The number of rotatable bonds is 2. The third-order valence-electron chi connectivity index (χ3n) is 3.91. The molecule has 0 radical (unpaired) electrons. The lowest BCUT2D eigenvalue weighted by Gasteiger charge is -2.37. The van der Waals surface area contributed by atoms with E-state index < -0.39 is 0 Å². The molecule has 0 aromatic heterocycles. The van der Waals surface area contributed by atoms with Gasteiger partial charge in [0.1, 0.15) is 6.10 Å². The van der Waals surface area contributed by atoms with Crippen molar-refractivity contribution in [2.24, 2.45) is 0 Å². The molecule has 1 aromatic rings. The number of carbonyl (C=O) groups excluding carboxylic acids is 1. The van der Waals surface area contributed by atoms with Crippen LogP contribution in [0.25, 0.3) is 0 Å². The summed E-state index contributed by atoms with van der Waals surface area (Å²) < 4.78 is 11.6. The highest BCUT2D eigenvalue weighted by Gasteiger charge is 2.41. The molecule has 4 nitrogen and oxygen atoms in total. The van der Waals surface area contributed by atoms with Gasteiger partial charge >= 0.3 is 5.97 Å². The summed E-state index contributed by atoms with van der Waals surface area (Å²) in [6.45, 7) is 0.676. The van der Waals surface area contributed by atoms with Crippen molar-refractivity contribution in [2.75, 3.05) is 23.8 Å². The standard InChI is InChI=1S/C15H19NO3S/c16-12-3-1-2-11(8-12)14(17)19-13-4-6-18-15(9-13)5-7-20-10-15/h1-3,8,13H,4-7,9-10,16H2. The highest BCUT2D eigenvalue weighted by atomic mass is 32.2. The van der Waals surface area contributed by atoms with Crippen molar-refractivity contribution in [3.05, 3.63) is 29.8 Å². The minimum absolute atomic E-state index is 0.0450. The van der Waals surface area contributed by atoms with E-state index in [4.69, 9.17) is 15.2 Å². The normalized spacial score (nSPS) is 29.5. The Hall–Kier alpha value is -1.20. The third kappa shape index (κ3) is 2.94. The van der Waals surface area contributed by atoms with Crippen LogP contribution in [-0.2, 0) is 9.47 Å². The number of nitrogens with two attached hydrogens (primary N) is 1. The molecule has 2 atom stereocenters. The second-order valence-electron chi connectivity index (χ2n) is 5.48.